The standard InChI is InChI=1S/C27H32N4.C23H24N4.C21H22N6/c1-17-11-20(13-21-16-31(6)29-25(17)21)18-7-9-23-19(12-18)8-10-24(28-23)22-14-26(2,3)30-27(4,5)15-22;1-15-11-19(13-20-14-27(2)26-23(15)20)17-3-5-22-18(12-17)4-6-21(25-22)16-7-9-24-10-8-16;1-13-9-16(10-17-12-27(2)26-20(13)17)15-3-4-18-19(11-15)24-25-21(23-18)14-5-7-22-8-6-14/h7-13,16,22,30H,14-15H2,1-6H3;3-6,11-14,16,24H,7-10H2,1-2H3;3-4,9-12,14,22H,5-8H2,1-2H3. The van der Waals surface area contributed by atoms with E-state index in [1.165, 1.54) is 90.3 Å². The Kier molecular flexibility index (Phi) is 14.9. The van der Waals surface area contributed by atoms with E-state index in [2.05, 4.69) is 224 Å². The van der Waals surface area contributed by atoms with Crippen molar-refractivity contribution in [1.29, 1.82) is 0 Å². The minimum Gasteiger partial charge on any atom is -0.317 e. The topological polar surface area (TPSA) is 154 Å². The highest BCUT2D eigenvalue weighted by atomic mass is 15.3. The number of nitrogens with one attached hydrogen (secondary N) is 3. The molecule has 0 aliphatic carbocycles. The molecule has 0 atom stereocenters. The maximum atomic E-state index is 5.09. The number of hydrogen-bond acceptors (Lipinski definition) is 11. The van der Waals surface area contributed by atoms with Gasteiger partial charge in [-0.3, -0.25) is 24.0 Å². The lowest BCUT2D eigenvalue weighted by molar-refractivity contribution is 0.160. The quantitative estimate of drug-likeness (QED) is 0.146. The van der Waals surface area contributed by atoms with Crippen molar-refractivity contribution in [3.8, 4) is 33.4 Å². The molecule has 6 aromatic heterocycles. The Morgan fingerprint density at radius 2 is 0.788 bits per heavy atom. The molecule has 432 valence electrons. The summed E-state index contributed by atoms with van der Waals surface area (Å²) < 4.78 is 5.63. The molecule has 0 spiro atoms. The predicted octanol–water partition coefficient (Wildman–Crippen LogP) is 14.0. The Morgan fingerprint density at radius 1 is 0.388 bits per heavy atom. The van der Waals surface area contributed by atoms with Crippen molar-refractivity contribution in [2.45, 2.75) is 116 Å². The Morgan fingerprint density at radius 3 is 1.25 bits per heavy atom. The number of aromatic nitrogens is 11. The molecule has 6 aromatic carbocycles. The molecule has 14 heteroatoms. The highest BCUT2D eigenvalue weighted by Crippen LogP contribution is 2.40. The van der Waals surface area contributed by atoms with E-state index in [9.17, 15) is 0 Å². The Bertz CT molecular complexity index is 4280. The van der Waals surface area contributed by atoms with Crippen LogP contribution in [0.2, 0.25) is 0 Å². The summed E-state index contributed by atoms with van der Waals surface area (Å²) in [5.74, 6) is 2.36. The fraction of sp³-hybridized carbons (Fsp3) is 0.352. The van der Waals surface area contributed by atoms with E-state index >= 15 is 0 Å². The second-order valence-electron chi connectivity index (χ2n) is 25.8. The molecule has 0 amide bonds. The molecule has 3 saturated heterocycles. The van der Waals surface area contributed by atoms with Crippen LogP contribution in [0, 0.1) is 20.8 Å². The van der Waals surface area contributed by atoms with Crippen LogP contribution in [0.25, 0.3) is 98.9 Å². The first kappa shape index (κ1) is 55.9. The van der Waals surface area contributed by atoms with E-state index < -0.39 is 0 Å². The van der Waals surface area contributed by atoms with Crippen molar-refractivity contribution in [3.05, 3.63) is 168 Å². The largest absolute Gasteiger partial charge is 0.317 e. The maximum Gasteiger partial charge on any atom is 0.154 e. The van der Waals surface area contributed by atoms with Gasteiger partial charge in [0.1, 0.15) is 5.52 Å². The van der Waals surface area contributed by atoms with Gasteiger partial charge in [0.15, 0.2) is 5.82 Å². The molecule has 0 bridgehead atoms. The van der Waals surface area contributed by atoms with Crippen LogP contribution >= 0.6 is 0 Å². The number of benzene rings is 6. The summed E-state index contributed by atoms with van der Waals surface area (Å²) in [7, 11) is 5.90. The molecule has 3 aliphatic heterocycles. The Hall–Kier alpha value is -8.30. The molecule has 12 aromatic rings. The molecular weight excluding hydrogens is 1050 g/mol. The maximum absolute atomic E-state index is 5.09. The van der Waals surface area contributed by atoms with Crippen LogP contribution in [-0.2, 0) is 21.1 Å². The summed E-state index contributed by atoms with van der Waals surface area (Å²) in [5, 5.41) is 39.1. The smallest absolute Gasteiger partial charge is 0.154 e. The van der Waals surface area contributed by atoms with Gasteiger partial charge in [-0.15, -0.1) is 10.2 Å². The zero-order valence-electron chi connectivity index (χ0n) is 50.9. The van der Waals surface area contributed by atoms with Crippen LogP contribution in [0.4, 0.5) is 0 Å². The van der Waals surface area contributed by atoms with Gasteiger partial charge in [0.2, 0.25) is 0 Å². The van der Waals surface area contributed by atoms with E-state index in [1.807, 2.05) is 35.2 Å². The van der Waals surface area contributed by atoms with Crippen molar-refractivity contribution in [2.24, 2.45) is 21.1 Å². The summed E-state index contributed by atoms with van der Waals surface area (Å²) in [6.07, 6.45) is 13.0. The van der Waals surface area contributed by atoms with E-state index in [-0.39, 0.29) is 11.1 Å². The van der Waals surface area contributed by atoms with Crippen molar-refractivity contribution < 1.29 is 0 Å². The van der Waals surface area contributed by atoms with Gasteiger partial charge in [0, 0.05) is 107 Å². The summed E-state index contributed by atoms with van der Waals surface area (Å²) in [6, 6.07) is 41.8. The number of nitrogens with zero attached hydrogens (tertiary/aromatic N) is 11. The molecule has 3 N–H and O–H groups in total. The third-order valence-corrected chi connectivity index (χ3v) is 17.7. The van der Waals surface area contributed by atoms with Gasteiger partial charge in [-0.25, -0.2) is 4.98 Å². The molecule has 15 rings (SSSR count). The summed E-state index contributed by atoms with van der Waals surface area (Å²) in [4.78, 5) is 14.8. The monoisotopic (exact) mass is 1130 g/mol. The highest BCUT2D eigenvalue weighted by Gasteiger charge is 2.39. The number of piperidine rings is 3. The highest BCUT2D eigenvalue weighted by molar-refractivity contribution is 5.93. The fourth-order valence-corrected chi connectivity index (χ4v) is 13.9. The second kappa shape index (κ2) is 22.6. The molecule has 3 aliphatic rings. The third kappa shape index (κ3) is 11.9. The first-order valence-corrected chi connectivity index (χ1v) is 30.4. The van der Waals surface area contributed by atoms with E-state index in [4.69, 9.17) is 15.0 Å². The minimum atomic E-state index is 0.121. The Labute approximate surface area is 497 Å². The van der Waals surface area contributed by atoms with Gasteiger partial charge in [0.25, 0.3) is 0 Å². The average Bonchev–Trinajstić information content (AvgIpc) is 4.12. The van der Waals surface area contributed by atoms with Crippen LogP contribution in [0.3, 0.4) is 0 Å². The van der Waals surface area contributed by atoms with Crippen LogP contribution in [-0.4, -0.2) is 91.7 Å². The summed E-state index contributed by atoms with van der Waals surface area (Å²) in [5.41, 5.74) is 20.6. The first-order valence-electron chi connectivity index (χ1n) is 30.4. The lowest BCUT2D eigenvalue weighted by atomic mass is 9.74. The van der Waals surface area contributed by atoms with Crippen LogP contribution < -0.4 is 16.0 Å². The summed E-state index contributed by atoms with van der Waals surface area (Å²) >= 11 is 0. The number of hydrogen-bond donors (Lipinski definition) is 3. The average molecular weight is 1130 g/mol. The first-order chi connectivity index (χ1) is 40.9. The molecule has 0 radical (unpaired) electrons. The molecular formula is C71H78N14. The number of aryl methyl sites for hydroxylation is 6. The number of fused-ring (bicyclic) bond motifs is 6. The number of rotatable bonds is 6. The molecule has 14 nitrogen and oxygen atoms in total. The van der Waals surface area contributed by atoms with Crippen molar-refractivity contribution in [3.63, 3.8) is 0 Å². The van der Waals surface area contributed by atoms with Crippen molar-refractivity contribution >= 4 is 65.5 Å². The van der Waals surface area contributed by atoms with Crippen LogP contribution in [0.15, 0.2) is 134 Å². The third-order valence-electron chi connectivity index (χ3n) is 17.7. The van der Waals surface area contributed by atoms with Gasteiger partial charge in [-0.2, -0.15) is 15.3 Å². The normalized spacial score (nSPS) is 16.7. The molecule has 3 fully saturated rings. The van der Waals surface area contributed by atoms with Crippen molar-refractivity contribution in [2.75, 3.05) is 26.2 Å². The molecule has 0 saturated carbocycles. The zero-order valence-corrected chi connectivity index (χ0v) is 50.9. The van der Waals surface area contributed by atoms with E-state index in [0.717, 1.165) is 107 Å². The van der Waals surface area contributed by atoms with Gasteiger partial charge in [0.05, 0.1) is 33.1 Å². The minimum absolute atomic E-state index is 0.121. The SMILES string of the molecule is Cc1cc(-c2ccc3nc(C4CC(C)(C)NC(C)(C)C4)ccc3c2)cc2cn(C)nc12.Cc1cc(-c2ccc3nc(C4CCNCC4)ccc3c2)cc2cn(C)nc12.Cc1cc(-c2ccc3nc(C4CCNCC4)nnc3c2)cc2cn(C)nc12. The molecule has 0 unspecified atom stereocenters. The van der Waals surface area contributed by atoms with Gasteiger partial charge < -0.3 is 16.0 Å². The van der Waals surface area contributed by atoms with Crippen LogP contribution in [0.1, 0.15) is 118 Å². The lowest BCUT2D eigenvalue weighted by Crippen LogP contribution is -2.57. The molecule has 85 heavy (non-hydrogen) atoms. The predicted molar refractivity (Wildman–Crippen MR) is 347 cm³/mol. The van der Waals surface area contributed by atoms with Gasteiger partial charge in [-0.05, 0) is 248 Å². The second-order valence-corrected chi connectivity index (χ2v) is 25.8. The Balaban J connectivity index is 0.000000119. The number of pyridine rings is 2. The van der Waals surface area contributed by atoms with E-state index in [1.54, 1.807) is 0 Å². The fourth-order valence-electron chi connectivity index (χ4n) is 13.9. The zero-order chi connectivity index (χ0) is 58.7. The van der Waals surface area contributed by atoms with Gasteiger partial charge >= 0.3 is 0 Å². The van der Waals surface area contributed by atoms with Crippen LogP contribution in [0.5, 0.6) is 0 Å². The van der Waals surface area contributed by atoms with Crippen molar-refractivity contribution in [1.82, 2.24) is 70.4 Å². The lowest BCUT2D eigenvalue weighted by Gasteiger charge is -2.46. The summed E-state index contributed by atoms with van der Waals surface area (Å²) in [6.45, 7) is 19.8. The molecule has 9 heterocycles. The van der Waals surface area contributed by atoms with E-state index in [0.29, 0.717) is 17.8 Å². The van der Waals surface area contributed by atoms with Gasteiger partial charge in [-0.1, -0.05) is 30.3 Å².